The van der Waals surface area contributed by atoms with Crippen LogP contribution in [-0.4, -0.2) is 6.54 Å². The second-order valence-corrected chi connectivity index (χ2v) is 4.54. The van der Waals surface area contributed by atoms with Crippen molar-refractivity contribution < 1.29 is 9.15 Å². The number of ether oxygens (including phenoxy) is 1. The molecule has 0 amide bonds. The average Bonchev–Trinajstić information content (AvgIpc) is 2.92. The van der Waals surface area contributed by atoms with Crippen LogP contribution >= 0.6 is 0 Å². The third-order valence-corrected chi connectivity index (χ3v) is 3.10. The Hall–Kier alpha value is -2.00. The lowest BCUT2D eigenvalue weighted by Gasteiger charge is -2.10. The van der Waals surface area contributed by atoms with Gasteiger partial charge in [-0.15, -0.1) is 6.58 Å². The van der Waals surface area contributed by atoms with E-state index in [0.29, 0.717) is 6.61 Å². The van der Waals surface area contributed by atoms with Gasteiger partial charge >= 0.3 is 0 Å². The molecule has 3 heteroatoms. The molecular formula is C17H21NO2. The summed E-state index contributed by atoms with van der Waals surface area (Å²) in [5.41, 5.74) is 2.29. The molecule has 0 atom stereocenters. The Morgan fingerprint density at radius 2 is 2.10 bits per heavy atom. The second-order valence-electron chi connectivity index (χ2n) is 4.54. The highest BCUT2D eigenvalue weighted by molar-refractivity contribution is 5.34. The SMILES string of the molecule is C=CCc1ccccc1OCc1occc1CNCC. The van der Waals surface area contributed by atoms with E-state index in [1.165, 1.54) is 0 Å². The first kappa shape index (κ1) is 14.4. The Morgan fingerprint density at radius 1 is 1.25 bits per heavy atom. The molecule has 3 nitrogen and oxygen atoms in total. The van der Waals surface area contributed by atoms with E-state index in [4.69, 9.17) is 9.15 Å². The van der Waals surface area contributed by atoms with Crippen LogP contribution in [0.2, 0.25) is 0 Å². The molecule has 0 aliphatic heterocycles. The van der Waals surface area contributed by atoms with Gasteiger partial charge in [-0.1, -0.05) is 31.2 Å². The monoisotopic (exact) mass is 271 g/mol. The highest BCUT2D eigenvalue weighted by atomic mass is 16.5. The predicted octanol–water partition coefficient (Wildman–Crippen LogP) is 3.70. The molecule has 0 bridgehead atoms. The van der Waals surface area contributed by atoms with Crippen LogP contribution in [0.4, 0.5) is 0 Å². The van der Waals surface area contributed by atoms with E-state index in [1.54, 1.807) is 6.26 Å². The van der Waals surface area contributed by atoms with Gasteiger partial charge in [0.1, 0.15) is 18.1 Å². The van der Waals surface area contributed by atoms with Crippen molar-refractivity contribution in [3.63, 3.8) is 0 Å². The van der Waals surface area contributed by atoms with Crippen LogP contribution in [0, 0.1) is 0 Å². The smallest absolute Gasteiger partial charge is 0.146 e. The van der Waals surface area contributed by atoms with Crippen LogP contribution in [0.5, 0.6) is 5.75 Å². The van der Waals surface area contributed by atoms with Crippen molar-refractivity contribution in [2.75, 3.05) is 6.54 Å². The number of hydrogen-bond donors (Lipinski definition) is 1. The molecule has 0 aliphatic rings. The fraction of sp³-hybridized carbons (Fsp3) is 0.294. The minimum absolute atomic E-state index is 0.446. The molecular weight excluding hydrogens is 250 g/mol. The number of furan rings is 1. The lowest BCUT2D eigenvalue weighted by molar-refractivity contribution is 0.266. The van der Waals surface area contributed by atoms with Crippen LogP contribution in [0.15, 0.2) is 53.7 Å². The first-order chi connectivity index (χ1) is 9.85. The number of para-hydroxylation sites is 1. The molecule has 1 heterocycles. The number of benzene rings is 1. The summed E-state index contributed by atoms with van der Waals surface area (Å²) in [7, 11) is 0. The molecule has 0 saturated carbocycles. The summed E-state index contributed by atoms with van der Waals surface area (Å²) in [6, 6.07) is 10.0. The van der Waals surface area contributed by atoms with Crippen molar-refractivity contribution in [3.05, 3.63) is 66.1 Å². The summed E-state index contributed by atoms with van der Waals surface area (Å²) in [5.74, 6) is 1.76. The van der Waals surface area contributed by atoms with Gasteiger partial charge in [-0.2, -0.15) is 0 Å². The summed E-state index contributed by atoms with van der Waals surface area (Å²) in [6.07, 6.45) is 4.39. The maximum absolute atomic E-state index is 5.89. The number of rotatable bonds is 8. The highest BCUT2D eigenvalue weighted by Gasteiger charge is 2.08. The van der Waals surface area contributed by atoms with Gasteiger partial charge in [-0.25, -0.2) is 0 Å². The maximum Gasteiger partial charge on any atom is 0.146 e. The number of allylic oxidation sites excluding steroid dienone is 1. The van der Waals surface area contributed by atoms with E-state index in [9.17, 15) is 0 Å². The van der Waals surface area contributed by atoms with Crippen molar-refractivity contribution in [2.45, 2.75) is 26.5 Å². The van der Waals surface area contributed by atoms with Crippen molar-refractivity contribution >= 4 is 0 Å². The molecule has 2 aromatic rings. The molecule has 0 aliphatic carbocycles. The molecule has 0 spiro atoms. The summed E-state index contributed by atoms with van der Waals surface area (Å²) in [6.45, 7) is 8.05. The van der Waals surface area contributed by atoms with Gasteiger partial charge in [0.15, 0.2) is 0 Å². The zero-order valence-corrected chi connectivity index (χ0v) is 11.9. The fourth-order valence-corrected chi connectivity index (χ4v) is 2.02. The molecule has 20 heavy (non-hydrogen) atoms. The predicted molar refractivity (Wildman–Crippen MR) is 80.8 cm³/mol. The Balaban J connectivity index is 2.01. The third-order valence-electron chi connectivity index (χ3n) is 3.10. The second kappa shape index (κ2) is 7.56. The van der Waals surface area contributed by atoms with E-state index in [1.807, 2.05) is 30.3 Å². The fourth-order valence-electron chi connectivity index (χ4n) is 2.02. The minimum atomic E-state index is 0.446. The first-order valence-electron chi connectivity index (χ1n) is 6.92. The molecule has 0 unspecified atom stereocenters. The zero-order valence-electron chi connectivity index (χ0n) is 11.9. The lowest BCUT2D eigenvalue weighted by atomic mass is 10.1. The van der Waals surface area contributed by atoms with Crippen LogP contribution in [0.1, 0.15) is 23.8 Å². The molecule has 1 N–H and O–H groups in total. The minimum Gasteiger partial charge on any atom is -0.485 e. The standard InChI is InChI=1S/C17H21NO2/c1-3-7-14-8-5-6-9-16(14)20-13-17-15(10-11-19-17)12-18-4-2/h3,5-6,8-11,18H,1,4,7,12-13H2,2H3. The quantitative estimate of drug-likeness (QED) is 0.743. The maximum atomic E-state index is 5.89. The molecule has 1 aromatic carbocycles. The topological polar surface area (TPSA) is 34.4 Å². The van der Waals surface area contributed by atoms with Crippen LogP contribution in [0.3, 0.4) is 0 Å². The van der Waals surface area contributed by atoms with Crippen LogP contribution < -0.4 is 10.1 Å². The summed E-state index contributed by atoms with van der Waals surface area (Å²) in [5, 5.41) is 3.29. The Bertz CT molecular complexity index is 545. The Morgan fingerprint density at radius 3 is 2.90 bits per heavy atom. The molecule has 0 saturated heterocycles. The summed E-state index contributed by atoms with van der Waals surface area (Å²) >= 11 is 0. The zero-order chi connectivity index (χ0) is 14.2. The van der Waals surface area contributed by atoms with Gasteiger partial charge < -0.3 is 14.5 Å². The van der Waals surface area contributed by atoms with Gasteiger partial charge in [0.25, 0.3) is 0 Å². The van der Waals surface area contributed by atoms with Gasteiger partial charge in [-0.05, 0) is 30.7 Å². The van der Waals surface area contributed by atoms with Gasteiger partial charge in [-0.3, -0.25) is 0 Å². The van der Waals surface area contributed by atoms with E-state index in [2.05, 4.69) is 24.9 Å². The highest BCUT2D eigenvalue weighted by Crippen LogP contribution is 2.21. The average molecular weight is 271 g/mol. The van der Waals surface area contributed by atoms with E-state index in [-0.39, 0.29) is 0 Å². The van der Waals surface area contributed by atoms with E-state index >= 15 is 0 Å². The molecule has 2 rings (SSSR count). The van der Waals surface area contributed by atoms with Gasteiger partial charge in [0.2, 0.25) is 0 Å². The van der Waals surface area contributed by atoms with Crippen molar-refractivity contribution in [2.24, 2.45) is 0 Å². The van der Waals surface area contributed by atoms with Crippen molar-refractivity contribution in [1.82, 2.24) is 5.32 Å². The number of nitrogens with one attached hydrogen (secondary N) is 1. The largest absolute Gasteiger partial charge is 0.485 e. The lowest BCUT2D eigenvalue weighted by Crippen LogP contribution is -2.12. The van der Waals surface area contributed by atoms with Crippen LogP contribution in [-0.2, 0) is 19.6 Å². The molecule has 106 valence electrons. The molecule has 0 radical (unpaired) electrons. The van der Waals surface area contributed by atoms with E-state index < -0.39 is 0 Å². The summed E-state index contributed by atoms with van der Waals surface area (Å²) < 4.78 is 11.4. The van der Waals surface area contributed by atoms with Crippen molar-refractivity contribution in [1.29, 1.82) is 0 Å². The Labute approximate surface area is 120 Å². The van der Waals surface area contributed by atoms with E-state index in [0.717, 1.165) is 42.1 Å². The third kappa shape index (κ3) is 3.75. The molecule has 0 fully saturated rings. The van der Waals surface area contributed by atoms with Gasteiger partial charge in [0, 0.05) is 12.1 Å². The Kier molecular flexibility index (Phi) is 5.44. The normalized spacial score (nSPS) is 10.4. The number of hydrogen-bond acceptors (Lipinski definition) is 3. The van der Waals surface area contributed by atoms with Crippen molar-refractivity contribution in [3.8, 4) is 5.75 Å². The van der Waals surface area contributed by atoms with Crippen LogP contribution in [0.25, 0.3) is 0 Å². The van der Waals surface area contributed by atoms with Gasteiger partial charge in [0.05, 0.1) is 6.26 Å². The first-order valence-corrected chi connectivity index (χ1v) is 6.92. The summed E-state index contributed by atoms with van der Waals surface area (Å²) in [4.78, 5) is 0. The molecule has 1 aromatic heterocycles.